The molecule has 0 fully saturated rings. The molecule has 3 heteroatoms. The molecule has 0 saturated carbocycles. The van der Waals surface area contributed by atoms with Gasteiger partial charge in [-0.05, 0) is 31.6 Å². The zero-order valence-corrected chi connectivity index (χ0v) is 10.3. The van der Waals surface area contributed by atoms with E-state index in [0.29, 0.717) is 12.0 Å². The molecule has 2 N–H and O–H groups in total. The van der Waals surface area contributed by atoms with E-state index >= 15 is 0 Å². The topological polar surface area (TPSA) is 57.5 Å². The highest BCUT2D eigenvalue weighted by Gasteiger charge is 2.46. The van der Waals surface area contributed by atoms with E-state index in [0.717, 1.165) is 0 Å². The summed E-state index contributed by atoms with van der Waals surface area (Å²) in [4.78, 5) is 11.5. The number of hydrogen-bond acceptors (Lipinski definition) is 3. The van der Waals surface area contributed by atoms with E-state index in [1.807, 2.05) is 13.8 Å². The molecule has 2 atom stereocenters. The molecule has 16 heavy (non-hydrogen) atoms. The molecule has 1 aliphatic rings. The summed E-state index contributed by atoms with van der Waals surface area (Å²) in [6.07, 6.45) is 4.33. The van der Waals surface area contributed by atoms with Gasteiger partial charge < -0.3 is 10.2 Å². The summed E-state index contributed by atoms with van der Waals surface area (Å²) in [7, 11) is 0. The van der Waals surface area contributed by atoms with Crippen LogP contribution in [-0.4, -0.2) is 27.7 Å². The summed E-state index contributed by atoms with van der Waals surface area (Å²) < 4.78 is 0. The third-order valence-corrected chi connectivity index (χ3v) is 3.24. The second-order valence-electron chi connectivity index (χ2n) is 5.22. The first-order chi connectivity index (χ1) is 7.19. The molecule has 0 bridgehead atoms. The second kappa shape index (κ2) is 4.15. The first kappa shape index (κ1) is 13.1. The van der Waals surface area contributed by atoms with Gasteiger partial charge in [-0.15, -0.1) is 0 Å². The highest BCUT2D eigenvalue weighted by molar-refractivity contribution is 5.92. The molecule has 0 spiro atoms. The summed E-state index contributed by atoms with van der Waals surface area (Å²) >= 11 is 0. The first-order valence-corrected chi connectivity index (χ1v) is 5.50. The van der Waals surface area contributed by atoms with Crippen LogP contribution < -0.4 is 0 Å². The molecule has 0 saturated heterocycles. The lowest BCUT2D eigenvalue weighted by Crippen LogP contribution is -2.48. The lowest BCUT2D eigenvalue weighted by molar-refractivity contribution is -0.121. The second-order valence-corrected chi connectivity index (χ2v) is 5.22. The van der Waals surface area contributed by atoms with Crippen molar-refractivity contribution in [3.63, 3.8) is 0 Å². The van der Waals surface area contributed by atoms with Gasteiger partial charge in [0.25, 0.3) is 0 Å². The Morgan fingerprint density at radius 1 is 1.50 bits per heavy atom. The van der Waals surface area contributed by atoms with Crippen LogP contribution in [0.3, 0.4) is 0 Å². The molecular formula is C13H20O3. The third kappa shape index (κ3) is 2.25. The number of carbonyl (C=O) groups is 1. The van der Waals surface area contributed by atoms with Crippen molar-refractivity contribution in [2.75, 3.05) is 0 Å². The van der Waals surface area contributed by atoms with E-state index in [-0.39, 0.29) is 5.78 Å². The van der Waals surface area contributed by atoms with E-state index in [2.05, 4.69) is 0 Å². The molecule has 0 unspecified atom stereocenters. The Balaban J connectivity index is 3.16. The Kier molecular flexibility index (Phi) is 3.41. The van der Waals surface area contributed by atoms with Crippen LogP contribution in [0.4, 0.5) is 0 Å². The summed E-state index contributed by atoms with van der Waals surface area (Å²) in [6, 6.07) is 0. The number of hydrogen-bond donors (Lipinski definition) is 2. The predicted molar refractivity (Wildman–Crippen MR) is 62.9 cm³/mol. The molecule has 0 radical (unpaired) electrons. The minimum atomic E-state index is -1.15. The SMILES string of the molecule is CC1=CC(=O)CC(C)(C)[C@]1(O)C=C[C@@H](C)O. The van der Waals surface area contributed by atoms with Crippen LogP contribution in [0.25, 0.3) is 0 Å². The number of aliphatic hydroxyl groups excluding tert-OH is 1. The van der Waals surface area contributed by atoms with Crippen LogP contribution >= 0.6 is 0 Å². The summed E-state index contributed by atoms with van der Waals surface area (Å²) in [6.45, 7) is 7.08. The fraction of sp³-hybridized carbons (Fsp3) is 0.615. The Morgan fingerprint density at radius 2 is 2.06 bits per heavy atom. The maximum atomic E-state index is 11.5. The summed E-state index contributed by atoms with van der Waals surface area (Å²) in [5, 5.41) is 19.8. The fourth-order valence-corrected chi connectivity index (χ4v) is 2.14. The summed E-state index contributed by atoms with van der Waals surface area (Å²) in [5.41, 5.74) is -1.07. The Hall–Kier alpha value is -0.930. The van der Waals surface area contributed by atoms with Crippen molar-refractivity contribution >= 4 is 5.78 Å². The predicted octanol–water partition coefficient (Wildman–Crippen LogP) is 1.60. The van der Waals surface area contributed by atoms with Crippen molar-refractivity contribution in [2.45, 2.75) is 45.8 Å². The van der Waals surface area contributed by atoms with E-state index in [1.165, 1.54) is 6.08 Å². The van der Waals surface area contributed by atoms with Crippen LogP contribution in [0.1, 0.15) is 34.1 Å². The standard InChI is InChI=1S/C13H20O3/c1-9-7-11(15)8-12(3,4)13(9,16)6-5-10(2)14/h5-7,10,14,16H,8H2,1-4H3/t10-,13+/m1/s1. The van der Waals surface area contributed by atoms with Gasteiger partial charge in [-0.25, -0.2) is 0 Å². The van der Waals surface area contributed by atoms with Gasteiger partial charge >= 0.3 is 0 Å². The van der Waals surface area contributed by atoms with E-state index in [4.69, 9.17) is 0 Å². The van der Waals surface area contributed by atoms with Gasteiger partial charge in [0, 0.05) is 11.8 Å². The van der Waals surface area contributed by atoms with Gasteiger partial charge in [-0.3, -0.25) is 4.79 Å². The van der Waals surface area contributed by atoms with Gasteiger partial charge in [0.2, 0.25) is 0 Å². The van der Waals surface area contributed by atoms with Crippen LogP contribution in [0.15, 0.2) is 23.8 Å². The number of allylic oxidation sites excluding steroid dienone is 1. The minimum Gasteiger partial charge on any atom is -0.389 e. The van der Waals surface area contributed by atoms with Crippen molar-refractivity contribution < 1.29 is 15.0 Å². The highest BCUT2D eigenvalue weighted by Crippen LogP contribution is 2.44. The van der Waals surface area contributed by atoms with Gasteiger partial charge in [0.15, 0.2) is 5.78 Å². The maximum absolute atomic E-state index is 11.5. The van der Waals surface area contributed by atoms with Crippen molar-refractivity contribution in [1.82, 2.24) is 0 Å². The van der Waals surface area contributed by atoms with E-state index in [1.54, 1.807) is 26.0 Å². The zero-order chi connectivity index (χ0) is 12.6. The maximum Gasteiger partial charge on any atom is 0.156 e. The first-order valence-electron chi connectivity index (χ1n) is 5.50. The van der Waals surface area contributed by atoms with Crippen LogP contribution in [0, 0.1) is 5.41 Å². The molecular weight excluding hydrogens is 204 g/mol. The minimum absolute atomic E-state index is 0.0395. The number of ketones is 1. The van der Waals surface area contributed by atoms with E-state index in [9.17, 15) is 15.0 Å². The lowest BCUT2D eigenvalue weighted by Gasteiger charge is -2.44. The van der Waals surface area contributed by atoms with Gasteiger partial charge in [0.05, 0.1) is 6.10 Å². The van der Waals surface area contributed by atoms with Crippen molar-refractivity contribution in [2.24, 2.45) is 5.41 Å². The van der Waals surface area contributed by atoms with Crippen LogP contribution in [0.2, 0.25) is 0 Å². The van der Waals surface area contributed by atoms with Crippen molar-refractivity contribution in [1.29, 1.82) is 0 Å². The van der Waals surface area contributed by atoms with E-state index < -0.39 is 17.1 Å². The number of rotatable bonds is 2. The normalized spacial score (nSPS) is 31.6. The molecule has 0 aliphatic heterocycles. The Morgan fingerprint density at radius 3 is 2.50 bits per heavy atom. The van der Waals surface area contributed by atoms with Gasteiger partial charge in [-0.1, -0.05) is 19.9 Å². The Bertz CT molecular complexity index is 350. The average Bonchev–Trinajstić information content (AvgIpc) is 2.10. The third-order valence-electron chi connectivity index (χ3n) is 3.24. The van der Waals surface area contributed by atoms with Crippen molar-refractivity contribution in [3.8, 4) is 0 Å². The largest absolute Gasteiger partial charge is 0.389 e. The zero-order valence-electron chi connectivity index (χ0n) is 10.3. The Labute approximate surface area is 96.5 Å². The molecule has 0 amide bonds. The number of carbonyl (C=O) groups excluding carboxylic acids is 1. The monoisotopic (exact) mass is 224 g/mol. The van der Waals surface area contributed by atoms with Crippen LogP contribution in [0.5, 0.6) is 0 Å². The molecule has 0 aromatic rings. The molecule has 3 nitrogen and oxygen atoms in total. The van der Waals surface area contributed by atoms with Gasteiger partial charge in [-0.2, -0.15) is 0 Å². The summed E-state index contributed by atoms with van der Waals surface area (Å²) in [5.74, 6) is 0.0395. The number of aliphatic hydroxyl groups is 2. The lowest BCUT2D eigenvalue weighted by atomic mass is 9.64. The van der Waals surface area contributed by atoms with Crippen LogP contribution in [-0.2, 0) is 4.79 Å². The quantitative estimate of drug-likeness (QED) is 0.700. The molecule has 1 aliphatic carbocycles. The van der Waals surface area contributed by atoms with Gasteiger partial charge in [0.1, 0.15) is 5.60 Å². The molecule has 0 heterocycles. The fourth-order valence-electron chi connectivity index (χ4n) is 2.14. The molecule has 0 aromatic heterocycles. The highest BCUT2D eigenvalue weighted by atomic mass is 16.3. The van der Waals surface area contributed by atoms with Crippen molar-refractivity contribution in [3.05, 3.63) is 23.8 Å². The molecule has 90 valence electrons. The molecule has 0 aromatic carbocycles. The smallest absolute Gasteiger partial charge is 0.156 e. The molecule has 1 rings (SSSR count). The average molecular weight is 224 g/mol.